The molecule has 0 aliphatic carbocycles. The van der Waals surface area contributed by atoms with Crippen LogP contribution in [0.4, 0.5) is 10.1 Å². The van der Waals surface area contributed by atoms with Crippen molar-refractivity contribution in [2.24, 2.45) is 0 Å². The van der Waals surface area contributed by atoms with Crippen molar-refractivity contribution in [1.82, 2.24) is 4.90 Å². The van der Waals surface area contributed by atoms with Gasteiger partial charge in [0, 0.05) is 43.6 Å². The SMILES string of the molecule is Br.COc1cc2c(c(F)c1OC)C(=N)N(CC(=O)c1cc(N3CCC(=O)CC3)c(OC)c(C(C)(C)C)c1)C2. The third-order valence-corrected chi connectivity index (χ3v) is 7.01. The molecule has 4 rings (SSSR count). The summed E-state index contributed by atoms with van der Waals surface area (Å²) >= 11 is 0. The van der Waals surface area contributed by atoms with Gasteiger partial charge in [0.2, 0.25) is 0 Å². The highest BCUT2D eigenvalue weighted by Crippen LogP contribution is 2.42. The molecule has 1 fully saturated rings. The Morgan fingerprint density at radius 2 is 1.66 bits per heavy atom. The quantitative estimate of drug-likeness (QED) is 0.457. The molecular formula is C28H35BrFN3O5. The summed E-state index contributed by atoms with van der Waals surface area (Å²) in [5.41, 5.74) is 2.52. The maximum absolute atomic E-state index is 15.2. The monoisotopic (exact) mass is 591 g/mol. The lowest BCUT2D eigenvalue weighted by Gasteiger charge is -2.33. The van der Waals surface area contributed by atoms with Crippen molar-refractivity contribution in [2.75, 3.05) is 45.9 Å². The number of methoxy groups -OCH3 is 3. The van der Waals surface area contributed by atoms with Gasteiger partial charge >= 0.3 is 0 Å². The Bertz CT molecular complexity index is 1260. The molecule has 0 aromatic heterocycles. The Balaban J connectivity index is 0.00000400. The van der Waals surface area contributed by atoms with E-state index in [0.717, 1.165) is 11.3 Å². The number of carbonyl (C=O) groups is 2. The van der Waals surface area contributed by atoms with E-state index in [1.54, 1.807) is 18.1 Å². The predicted molar refractivity (Wildman–Crippen MR) is 150 cm³/mol. The first-order chi connectivity index (χ1) is 17.5. The zero-order chi connectivity index (χ0) is 27.1. The van der Waals surface area contributed by atoms with Crippen LogP contribution in [0.1, 0.15) is 60.7 Å². The molecule has 2 aliphatic heterocycles. The lowest BCUT2D eigenvalue weighted by atomic mass is 9.84. The molecule has 0 atom stereocenters. The summed E-state index contributed by atoms with van der Waals surface area (Å²) in [5.74, 6) is 0.175. The molecule has 38 heavy (non-hydrogen) atoms. The molecule has 0 bridgehead atoms. The molecule has 10 heteroatoms. The summed E-state index contributed by atoms with van der Waals surface area (Å²) in [4.78, 5) is 29.1. The van der Waals surface area contributed by atoms with Crippen LogP contribution in [0.3, 0.4) is 0 Å². The van der Waals surface area contributed by atoms with Crippen LogP contribution in [0, 0.1) is 11.2 Å². The van der Waals surface area contributed by atoms with Crippen molar-refractivity contribution in [2.45, 2.75) is 45.6 Å². The molecule has 2 aromatic carbocycles. The second-order valence-electron chi connectivity index (χ2n) is 10.4. The second-order valence-corrected chi connectivity index (χ2v) is 10.4. The smallest absolute Gasteiger partial charge is 0.197 e. The van der Waals surface area contributed by atoms with Crippen LogP contribution >= 0.6 is 17.0 Å². The molecule has 0 radical (unpaired) electrons. The summed E-state index contributed by atoms with van der Waals surface area (Å²) < 4.78 is 31.4. The molecule has 0 saturated carbocycles. The zero-order valence-electron chi connectivity index (χ0n) is 22.7. The third-order valence-electron chi connectivity index (χ3n) is 7.01. The van der Waals surface area contributed by atoms with Crippen molar-refractivity contribution >= 4 is 40.1 Å². The van der Waals surface area contributed by atoms with E-state index >= 15 is 4.39 Å². The molecule has 1 saturated heterocycles. The van der Waals surface area contributed by atoms with Gasteiger partial charge in [-0.3, -0.25) is 15.0 Å². The molecule has 2 aromatic rings. The Morgan fingerprint density at radius 1 is 1.03 bits per heavy atom. The fourth-order valence-corrected chi connectivity index (χ4v) is 5.00. The standard InChI is InChI=1S/C28H34FN3O5.BrH/c1-28(2,3)19-11-16(12-20(25(19)36-5)31-9-7-18(33)8-10-31)21(34)15-32-14-17-13-22(35-4)26(37-6)24(29)23(17)27(32)30;/h11-13,30H,7-10,14-15H2,1-6H3;1H. The number of rotatable bonds is 7. The molecule has 206 valence electrons. The van der Waals surface area contributed by atoms with Gasteiger partial charge in [-0.05, 0) is 29.2 Å². The first-order valence-corrected chi connectivity index (χ1v) is 12.3. The first kappa shape index (κ1) is 29.4. The van der Waals surface area contributed by atoms with E-state index in [9.17, 15) is 9.59 Å². The van der Waals surface area contributed by atoms with Crippen LogP contribution in [0.2, 0.25) is 0 Å². The second kappa shape index (κ2) is 11.3. The van der Waals surface area contributed by atoms with Crippen LogP contribution in [-0.4, -0.2) is 63.3 Å². The van der Waals surface area contributed by atoms with Gasteiger partial charge < -0.3 is 24.0 Å². The largest absolute Gasteiger partial charge is 0.494 e. The number of anilines is 1. The van der Waals surface area contributed by atoms with Crippen LogP contribution in [0.5, 0.6) is 17.2 Å². The van der Waals surface area contributed by atoms with Crippen molar-refractivity contribution in [3.63, 3.8) is 0 Å². The summed E-state index contributed by atoms with van der Waals surface area (Å²) in [7, 11) is 4.39. The maximum atomic E-state index is 15.2. The molecule has 0 amide bonds. The van der Waals surface area contributed by atoms with Crippen LogP contribution in [0.25, 0.3) is 0 Å². The number of nitrogens with one attached hydrogen (secondary N) is 1. The number of amidine groups is 1. The number of halogens is 2. The minimum Gasteiger partial charge on any atom is -0.494 e. The summed E-state index contributed by atoms with van der Waals surface area (Å²) in [6.45, 7) is 7.40. The Labute approximate surface area is 233 Å². The fraction of sp³-hybridized carbons (Fsp3) is 0.464. The average molecular weight is 593 g/mol. The van der Waals surface area contributed by atoms with Crippen LogP contribution in [0.15, 0.2) is 18.2 Å². The van der Waals surface area contributed by atoms with Crippen molar-refractivity contribution < 1.29 is 28.2 Å². The number of nitrogens with zero attached hydrogens (tertiary/aromatic N) is 2. The van der Waals surface area contributed by atoms with E-state index < -0.39 is 5.82 Å². The lowest BCUT2D eigenvalue weighted by molar-refractivity contribution is -0.119. The van der Waals surface area contributed by atoms with Crippen molar-refractivity contribution in [1.29, 1.82) is 5.41 Å². The van der Waals surface area contributed by atoms with Gasteiger partial charge in [0.25, 0.3) is 0 Å². The Morgan fingerprint density at radius 3 is 2.21 bits per heavy atom. The highest BCUT2D eigenvalue weighted by atomic mass is 79.9. The number of ether oxygens (including phenoxy) is 3. The fourth-order valence-electron chi connectivity index (χ4n) is 5.00. The number of piperidine rings is 1. The highest BCUT2D eigenvalue weighted by Gasteiger charge is 2.34. The molecule has 0 unspecified atom stereocenters. The highest BCUT2D eigenvalue weighted by molar-refractivity contribution is 8.93. The molecule has 8 nitrogen and oxygen atoms in total. The molecule has 2 heterocycles. The van der Waals surface area contributed by atoms with Crippen molar-refractivity contribution in [3.8, 4) is 17.2 Å². The zero-order valence-corrected chi connectivity index (χ0v) is 24.4. The van der Waals surface area contributed by atoms with E-state index in [1.165, 1.54) is 14.2 Å². The van der Waals surface area contributed by atoms with Gasteiger partial charge in [-0.1, -0.05) is 20.8 Å². The topological polar surface area (TPSA) is 92.2 Å². The summed E-state index contributed by atoms with van der Waals surface area (Å²) in [5, 5.41) is 8.59. The number of Topliss-reactive ketones (excluding diaryl/α,β-unsaturated/α-hetero) is 2. The van der Waals surface area contributed by atoms with Gasteiger partial charge in [0.15, 0.2) is 23.1 Å². The number of carbonyl (C=O) groups excluding carboxylic acids is 2. The minimum absolute atomic E-state index is 0. The normalized spacial score (nSPS) is 15.2. The van der Waals surface area contributed by atoms with E-state index in [1.807, 2.05) is 12.1 Å². The van der Waals surface area contributed by atoms with Gasteiger partial charge in [-0.25, -0.2) is 4.39 Å². The van der Waals surface area contributed by atoms with E-state index in [2.05, 4.69) is 25.7 Å². The Hall–Kier alpha value is -3.14. The van der Waals surface area contributed by atoms with Gasteiger partial charge in [-0.15, -0.1) is 17.0 Å². The number of benzene rings is 2. The minimum atomic E-state index is -0.668. The van der Waals surface area contributed by atoms with Gasteiger partial charge in [0.1, 0.15) is 17.4 Å². The van der Waals surface area contributed by atoms with Gasteiger partial charge in [-0.2, -0.15) is 0 Å². The summed E-state index contributed by atoms with van der Waals surface area (Å²) in [6.07, 6.45) is 0.904. The molecule has 0 spiro atoms. The third kappa shape index (κ3) is 5.36. The lowest BCUT2D eigenvalue weighted by Crippen LogP contribution is -2.35. The average Bonchev–Trinajstić information content (AvgIpc) is 3.17. The van der Waals surface area contributed by atoms with Crippen LogP contribution in [-0.2, 0) is 16.8 Å². The number of fused-ring (bicyclic) bond motifs is 1. The predicted octanol–water partition coefficient (Wildman–Crippen LogP) is 4.92. The summed E-state index contributed by atoms with van der Waals surface area (Å²) in [6, 6.07) is 5.31. The first-order valence-electron chi connectivity index (χ1n) is 12.3. The maximum Gasteiger partial charge on any atom is 0.197 e. The number of hydrogen-bond acceptors (Lipinski definition) is 7. The molecule has 1 N–H and O–H groups in total. The van der Waals surface area contributed by atoms with E-state index in [4.69, 9.17) is 19.6 Å². The van der Waals surface area contributed by atoms with Gasteiger partial charge in [0.05, 0.1) is 39.1 Å². The van der Waals surface area contributed by atoms with Crippen molar-refractivity contribution in [3.05, 3.63) is 46.3 Å². The molecular weight excluding hydrogens is 557 g/mol. The number of hydrogen-bond donors (Lipinski definition) is 1. The van der Waals surface area contributed by atoms with Crippen LogP contribution < -0.4 is 19.1 Å². The van der Waals surface area contributed by atoms with E-state index in [0.29, 0.717) is 42.8 Å². The molecule has 2 aliphatic rings. The van der Waals surface area contributed by atoms with E-state index in [-0.39, 0.29) is 70.0 Å². The number of ketones is 2. The Kier molecular flexibility index (Phi) is 8.75.